The maximum Gasteiger partial charge on any atom is 0.141 e. The Balaban J connectivity index is 1.94. The summed E-state index contributed by atoms with van der Waals surface area (Å²) in [6, 6.07) is 0.449. The molecule has 3 heterocycles. The van der Waals surface area contributed by atoms with Crippen LogP contribution in [0.2, 0.25) is 5.02 Å². The highest BCUT2D eigenvalue weighted by Crippen LogP contribution is 2.38. The van der Waals surface area contributed by atoms with E-state index in [4.69, 9.17) is 17.3 Å². The molecule has 0 spiro atoms. The van der Waals surface area contributed by atoms with Gasteiger partial charge in [-0.25, -0.2) is 4.68 Å². The molecule has 2 aliphatic heterocycles. The minimum absolute atomic E-state index is 0.449. The van der Waals surface area contributed by atoms with Crippen LogP contribution >= 0.6 is 11.6 Å². The van der Waals surface area contributed by atoms with E-state index in [-0.39, 0.29) is 0 Å². The summed E-state index contributed by atoms with van der Waals surface area (Å²) < 4.78 is 1.96. The van der Waals surface area contributed by atoms with Crippen molar-refractivity contribution in [3.05, 3.63) is 10.7 Å². The van der Waals surface area contributed by atoms with Gasteiger partial charge in [0.25, 0.3) is 0 Å². The molecule has 1 aromatic heterocycles. The summed E-state index contributed by atoms with van der Waals surface area (Å²) in [5, 5.41) is 5.12. The van der Waals surface area contributed by atoms with E-state index in [9.17, 15) is 0 Å². The quantitative estimate of drug-likeness (QED) is 0.813. The number of fused-ring (bicyclic) bond motifs is 2. The maximum absolute atomic E-state index is 6.10. The molecule has 4 nitrogen and oxygen atoms in total. The SMILES string of the molecule is Cc1nn(C2CCN3CCC2C3)c(N)c1Cl. The molecule has 3 rings (SSSR count). The molecule has 2 fully saturated rings. The molecular weight excluding hydrogens is 224 g/mol. The Morgan fingerprint density at radius 3 is 2.81 bits per heavy atom. The summed E-state index contributed by atoms with van der Waals surface area (Å²) in [6.07, 6.45) is 2.41. The summed E-state index contributed by atoms with van der Waals surface area (Å²) in [5.41, 5.74) is 6.87. The fourth-order valence-electron chi connectivity index (χ4n) is 3.05. The highest BCUT2D eigenvalue weighted by atomic mass is 35.5. The number of hydrogen-bond donors (Lipinski definition) is 1. The van der Waals surface area contributed by atoms with Crippen LogP contribution in [0.15, 0.2) is 0 Å². The fourth-order valence-corrected chi connectivity index (χ4v) is 3.17. The predicted molar refractivity (Wildman–Crippen MR) is 64.6 cm³/mol. The zero-order valence-corrected chi connectivity index (χ0v) is 10.2. The lowest BCUT2D eigenvalue weighted by Gasteiger charge is -2.31. The standard InChI is InChI=1S/C11H17ClN4/c1-7-10(12)11(13)16(14-7)9-3-5-15-4-2-8(9)6-15/h8-9H,2-6,13H2,1H3. The number of hydrogen-bond acceptors (Lipinski definition) is 3. The first kappa shape index (κ1) is 10.4. The number of aromatic nitrogens is 2. The highest BCUT2D eigenvalue weighted by molar-refractivity contribution is 6.33. The smallest absolute Gasteiger partial charge is 0.141 e. The molecule has 16 heavy (non-hydrogen) atoms. The van der Waals surface area contributed by atoms with Gasteiger partial charge < -0.3 is 10.6 Å². The Hall–Kier alpha value is -0.740. The van der Waals surface area contributed by atoms with Gasteiger partial charge in [0, 0.05) is 13.1 Å². The summed E-state index contributed by atoms with van der Waals surface area (Å²) in [5.74, 6) is 1.34. The lowest BCUT2D eigenvalue weighted by atomic mass is 9.94. The Kier molecular flexibility index (Phi) is 2.37. The average molecular weight is 241 g/mol. The Morgan fingerprint density at radius 2 is 2.12 bits per heavy atom. The van der Waals surface area contributed by atoms with E-state index in [0.29, 0.717) is 22.8 Å². The Bertz CT molecular complexity index is 414. The third-order valence-corrected chi connectivity index (χ3v) is 4.42. The minimum Gasteiger partial charge on any atom is -0.383 e. The van der Waals surface area contributed by atoms with E-state index in [1.165, 1.54) is 19.5 Å². The van der Waals surface area contributed by atoms with Crippen LogP contribution in [0, 0.1) is 12.8 Å². The third kappa shape index (κ3) is 1.44. The van der Waals surface area contributed by atoms with E-state index in [1.54, 1.807) is 0 Å². The Labute approximate surface area is 100 Å². The zero-order chi connectivity index (χ0) is 11.3. The molecule has 0 aromatic carbocycles. The van der Waals surface area contributed by atoms with Crippen LogP contribution in [0.5, 0.6) is 0 Å². The second-order valence-corrected chi connectivity index (χ2v) is 5.31. The van der Waals surface area contributed by atoms with Gasteiger partial charge in [-0.2, -0.15) is 5.10 Å². The van der Waals surface area contributed by atoms with Crippen molar-refractivity contribution in [3.63, 3.8) is 0 Å². The van der Waals surface area contributed by atoms with Gasteiger partial charge in [0.05, 0.1) is 11.7 Å². The second-order valence-electron chi connectivity index (χ2n) is 4.93. The monoisotopic (exact) mass is 240 g/mol. The summed E-state index contributed by atoms with van der Waals surface area (Å²) in [7, 11) is 0. The van der Waals surface area contributed by atoms with Gasteiger partial charge in [-0.15, -0.1) is 0 Å². The van der Waals surface area contributed by atoms with Crippen LogP contribution in [0.1, 0.15) is 24.6 Å². The van der Waals surface area contributed by atoms with Crippen LogP contribution < -0.4 is 5.73 Å². The van der Waals surface area contributed by atoms with Gasteiger partial charge in [-0.05, 0) is 32.2 Å². The number of rotatable bonds is 1. The Morgan fingerprint density at radius 1 is 1.38 bits per heavy atom. The molecule has 0 aliphatic carbocycles. The molecular formula is C11H17ClN4. The van der Waals surface area contributed by atoms with E-state index >= 15 is 0 Å². The van der Waals surface area contributed by atoms with Crippen LogP contribution in [-0.4, -0.2) is 34.3 Å². The number of halogens is 1. The van der Waals surface area contributed by atoms with Crippen molar-refractivity contribution in [1.82, 2.24) is 14.7 Å². The van der Waals surface area contributed by atoms with Crippen LogP contribution in [0.4, 0.5) is 5.82 Å². The molecule has 0 amide bonds. The lowest BCUT2D eigenvalue weighted by Crippen LogP contribution is -2.34. The molecule has 0 radical (unpaired) electrons. The van der Waals surface area contributed by atoms with Crippen molar-refractivity contribution >= 4 is 17.4 Å². The number of nitrogens with two attached hydrogens (primary N) is 1. The molecule has 3 atom stereocenters. The molecule has 2 N–H and O–H groups in total. The summed E-state index contributed by atoms with van der Waals surface area (Å²) in [6.45, 7) is 5.51. The van der Waals surface area contributed by atoms with Crippen molar-refractivity contribution in [2.24, 2.45) is 5.92 Å². The van der Waals surface area contributed by atoms with Crippen LogP contribution in [0.3, 0.4) is 0 Å². The van der Waals surface area contributed by atoms with Gasteiger partial charge >= 0.3 is 0 Å². The topological polar surface area (TPSA) is 47.1 Å². The first-order valence-electron chi connectivity index (χ1n) is 5.89. The van der Waals surface area contributed by atoms with Crippen molar-refractivity contribution in [1.29, 1.82) is 0 Å². The third-order valence-electron chi connectivity index (χ3n) is 3.96. The van der Waals surface area contributed by atoms with Gasteiger partial charge in [0.2, 0.25) is 0 Å². The second kappa shape index (κ2) is 3.64. The number of piperidine rings is 1. The number of aryl methyl sites for hydroxylation is 1. The molecule has 2 saturated heterocycles. The van der Waals surface area contributed by atoms with Crippen LogP contribution in [-0.2, 0) is 0 Å². The first-order chi connectivity index (χ1) is 7.66. The fraction of sp³-hybridized carbons (Fsp3) is 0.727. The van der Waals surface area contributed by atoms with E-state index in [1.807, 2.05) is 11.6 Å². The predicted octanol–water partition coefficient (Wildman–Crippen LogP) is 1.69. The van der Waals surface area contributed by atoms with Gasteiger partial charge in [-0.1, -0.05) is 11.6 Å². The van der Waals surface area contributed by atoms with E-state index in [2.05, 4.69) is 10.00 Å². The van der Waals surface area contributed by atoms with Crippen molar-refractivity contribution < 1.29 is 0 Å². The summed E-state index contributed by atoms with van der Waals surface area (Å²) in [4.78, 5) is 2.52. The van der Waals surface area contributed by atoms with Gasteiger partial charge in [0.1, 0.15) is 10.8 Å². The number of nitrogen functional groups attached to an aromatic ring is 1. The zero-order valence-electron chi connectivity index (χ0n) is 9.49. The molecule has 2 bridgehead atoms. The molecule has 3 unspecified atom stereocenters. The number of anilines is 1. The van der Waals surface area contributed by atoms with Gasteiger partial charge in [-0.3, -0.25) is 0 Å². The molecule has 0 saturated carbocycles. The average Bonchev–Trinajstić information content (AvgIpc) is 2.77. The maximum atomic E-state index is 6.10. The van der Waals surface area contributed by atoms with Crippen molar-refractivity contribution in [3.8, 4) is 0 Å². The lowest BCUT2D eigenvalue weighted by molar-refractivity contribution is 0.196. The van der Waals surface area contributed by atoms with Gasteiger partial charge in [0.15, 0.2) is 0 Å². The molecule has 1 aromatic rings. The normalized spacial score (nSPS) is 33.2. The minimum atomic E-state index is 0.449. The summed E-state index contributed by atoms with van der Waals surface area (Å²) >= 11 is 6.10. The first-order valence-corrected chi connectivity index (χ1v) is 6.27. The molecule has 88 valence electrons. The largest absolute Gasteiger partial charge is 0.383 e. The van der Waals surface area contributed by atoms with E-state index < -0.39 is 0 Å². The molecule has 5 heteroatoms. The van der Waals surface area contributed by atoms with Crippen molar-refractivity contribution in [2.75, 3.05) is 25.4 Å². The molecule has 2 aliphatic rings. The highest BCUT2D eigenvalue weighted by Gasteiger charge is 2.36. The van der Waals surface area contributed by atoms with E-state index in [0.717, 1.165) is 18.7 Å². The van der Waals surface area contributed by atoms with Crippen LogP contribution in [0.25, 0.3) is 0 Å². The van der Waals surface area contributed by atoms with Crippen molar-refractivity contribution in [2.45, 2.75) is 25.8 Å². The number of nitrogens with zero attached hydrogens (tertiary/aromatic N) is 3.